The van der Waals surface area contributed by atoms with Crippen molar-refractivity contribution in [2.45, 2.75) is 25.5 Å². The summed E-state index contributed by atoms with van der Waals surface area (Å²) in [6, 6.07) is 3.51. The lowest BCUT2D eigenvalue weighted by molar-refractivity contribution is 0.0690. The highest BCUT2D eigenvalue weighted by molar-refractivity contribution is 5.86. The van der Waals surface area contributed by atoms with Crippen LogP contribution in [0.4, 0.5) is 5.69 Å². The molecule has 6 heteroatoms. The number of hydrogen-bond acceptors (Lipinski definition) is 5. The smallest absolute Gasteiger partial charge is 0.354 e. The van der Waals surface area contributed by atoms with Crippen molar-refractivity contribution in [1.29, 1.82) is 0 Å². The summed E-state index contributed by atoms with van der Waals surface area (Å²) >= 11 is 0. The number of methoxy groups -OCH3 is 1. The van der Waals surface area contributed by atoms with Gasteiger partial charge in [-0.2, -0.15) is 0 Å². The number of hydrogen-bond donors (Lipinski definition) is 2. The summed E-state index contributed by atoms with van der Waals surface area (Å²) in [6.45, 7) is 3.25. The fourth-order valence-corrected chi connectivity index (χ4v) is 2.36. The van der Waals surface area contributed by atoms with Crippen LogP contribution in [0.1, 0.15) is 22.6 Å². The van der Waals surface area contributed by atoms with Gasteiger partial charge in [-0.1, -0.05) is 0 Å². The van der Waals surface area contributed by atoms with Gasteiger partial charge in [-0.25, -0.2) is 9.78 Å². The molecule has 0 aromatic carbocycles. The van der Waals surface area contributed by atoms with Gasteiger partial charge in [-0.05, 0) is 25.5 Å². The molecule has 2 rings (SSSR count). The van der Waals surface area contributed by atoms with Crippen LogP contribution in [0.2, 0.25) is 0 Å². The lowest BCUT2D eigenvalue weighted by atomic mass is 10.0. The first kappa shape index (κ1) is 13.8. The third-order valence-corrected chi connectivity index (χ3v) is 3.44. The van der Waals surface area contributed by atoms with E-state index in [1.54, 1.807) is 20.1 Å². The fourth-order valence-electron chi connectivity index (χ4n) is 2.36. The Morgan fingerprint density at radius 2 is 2.32 bits per heavy atom. The molecule has 0 unspecified atom stereocenters. The van der Waals surface area contributed by atoms with Gasteiger partial charge in [-0.3, -0.25) is 0 Å². The highest BCUT2D eigenvalue weighted by Gasteiger charge is 2.27. The second-order valence-electron chi connectivity index (χ2n) is 4.83. The van der Waals surface area contributed by atoms with E-state index in [0.29, 0.717) is 12.2 Å². The number of aryl methyl sites for hydroxylation is 1. The Balaban J connectivity index is 2.24. The topological polar surface area (TPSA) is 88.7 Å². The van der Waals surface area contributed by atoms with Crippen LogP contribution in [-0.2, 0) is 4.74 Å². The molecule has 1 aromatic rings. The van der Waals surface area contributed by atoms with Crippen molar-refractivity contribution < 1.29 is 14.6 Å². The third kappa shape index (κ3) is 3.02. The van der Waals surface area contributed by atoms with Crippen LogP contribution in [-0.4, -0.2) is 48.4 Å². The average Bonchev–Trinajstić information content (AvgIpc) is 2.38. The Morgan fingerprint density at radius 3 is 2.95 bits per heavy atom. The Bertz CT molecular complexity index is 478. The molecule has 0 bridgehead atoms. The van der Waals surface area contributed by atoms with Crippen molar-refractivity contribution in [2.75, 3.05) is 25.1 Å². The summed E-state index contributed by atoms with van der Waals surface area (Å²) < 4.78 is 5.36. The minimum Gasteiger partial charge on any atom is -0.477 e. The summed E-state index contributed by atoms with van der Waals surface area (Å²) in [6.07, 6.45) is 0.790. The molecule has 1 aromatic heterocycles. The highest BCUT2D eigenvalue weighted by atomic mass is 16.5. The van der Waals surface area contributed by atoms with Gasteiger partial charge >= 0.3 is 5.97 Å². The minimum absolute atomic E-state index is 0.0307. The molecule has 2 atom stereocenters. The van der Waals surface area contributed by atoms with E-state index in [0.717, 1.165) is 18.7 Å². The molecular formula is C13H19N3O3. The quantitative estimate of drug-likeness (QED) is 0.833. The van der Waals surface area contributed by atoms with Gasteiger partial charge in [0.15, 0.2) is 5.69 Å². The Kier molecular flexibility index (Phi) is 4.01. The first-order valence-corrected chi connectivity index (χ1v) is 6.26. The van der Waals surface area contributed by atoms with Crippen molar-refractivity contribution in [3.8, 4) is 0 Å². The summed E-state index contributed by atoms with van der Waals surface area (Å²) in [5, 5.41) is 9.05. The van der Waals surface area contributed by atoms with Crippen LogP contribution in [0.3, 0.4) is 0 Å². The molecule has 1 saturated heterocycles. The zero-order chi connectivity index (χ0) is 14.0. The number of carboxylic acids is 1. The largest absolute Gasteiger partial charge is 0.477 e. The first-order chi connectivity index (χ1) is 9.01. The Hall–Kier alpha value is -1.66. The van der Waals surface area contributed by atoms with Crippen molar-refractivity contribution in [1.82, 2.24) is 4.98 Å². The van der Waals surface area contributed by atoms with E-state index in [-0.39, 0.29) is 17.8 Å². The number of ether oxygens (including phenoxy) is 1. The maximum absolute atomic E-state index is 11.0. The van der Waals surface area contributed by atoms with Gasteiger partial charge in [0.25, 0.3) is 0 Å². The number of aromatic nitrogens is 1. The van der Waals surface area contributed by atoms with Gasteiger partial charge < -0.3 is 20.5 Å². The van der Waals surface area contributed by atoms with E-state index in [4.69, 9.17) is 15.6 Å². The summed E-state index contributed by atoms with van der Waals surface area (Å²) in [5.41, 5.74) is 7.60. The van der Waals surface area contributed by atoms with Crippen LogP contribution in [0.15, 0.2) is 12.1 Å². The van der Waals surface area contributed by atoms with Crippen LogP contribution in [0.5, 0.6) is 0 Å². The molecule has 0 radical (unpaired) electrons. The maximum Gasteiger partial charge on any atom is 0.354 e. The van der Waals surface area contributed by atoms with Crippen LogP contribution < -0.4 is 10.6 Å². The second-order valence-corrected chi connectivity index (χ2v) is 4.83. The minimum atomic E-state index is -1.01. The van der Waals surface area contributed by atoms with Gasteiger partial charge in [0.05, 0.1) is 6.10 Å². The molecular weight excluding hydrogens is 246 g/mol. The van der Waals surface area contributed by atoms with E-state index < -0.39 is 5.97 Å². The van der Waals surface area contributed by atoms with Crippen molar-refractivity contribution in [2.24, 2.45) is 5.73 Å². The summed E-state index contributed by atoms with van der Waals surface area (Å²) in [5.74, 6) is -1.01. The van der Waals surface area contributed by atoms with Gasteiger partial charge in [0, 0.05) is 37.6 Å². The number of aromatic carboxylic acids is 1. The molecule has 3 N–H and O–H groups in total. The number of nitrogens with zero attached hydrogens (tertiary/aromatic N) is 2. The number of piperidine rings is 1. The lowest BCUT2D eigenvalue weighted by Gasteiger charge is -2.37. The first-order valence-electron chi connectivity index (χ1n) is 6.26. The highest BCUT2D eigenvalue weighted by Crippen LogP contribution is 2.22. The molecule has 6 nitrogen and oxygen atoms in total. The SMILES string of the molecule is CO[C@@H]1CN(c2cc(C)nc(C(=O)O)c2)CC[C@@H]1N. The molecule has 1 aliphatic heterocycles. The van der Waals surface area contributed by atoms with Gasteiger partial charge in [0.2, 0.25) is 0 Å². The Labute approximate surface area is 112 Å². The predicted octanol–water partition coefficient (Wildman–Crippen LogP) is 0.641. The van der Waals surface area contributed by atoms with Crippen molar-refractivity contribution >= 4 is 11.7 Å². The van der Waals surface area contributed by atoms with E-state index in [1.165, 1.54) is 0 Å². The second kappa shape index (κ2) is 5.54. The molecule has 19 heavy (non-hydrogen) atoms. The van der Waals surface area contributed by atoms with E-state index in [2.05, 4.69) is 9.88 Å². The third-order valence-electron chi connectivity index (χ3n) is 3.44. The molecule has 1 fully saturated rings. The van der Waals surface area contributed by atoms with Gasteiger partial charge in [-0.15, -0.1) is 0 Å². The van der Waals surface area contributed by atoms with Crippen molar-refractivity contribution in [3.05, 3.63) is 23.5 Å². The van der Waals surface area contributed by atoms with E-state index >= 15 is 0 Å². The van der Waals surface area contributed by atoms with Gasteiger partial charge in [0.1, 0.15) is 0 Å². The number of carboxylic acid groups (broad SMARTS) is 1. The number of anilines is 1. The maximum atomic E-state index is 11.0. The zero-order valence-electron chi connectivity index (χ0n) is 11.2. The summed E-state index contributed by atoms with van der Waals surface area (Å²) in [7, 11) is 1.65. The number of carbonyl (C=O) groups is 1. The molecule has 2 heterocycles. The predicted molar refractivity (Wildman–Crippen MR) is 71.5 cm³/mol. The lowest BCUT2D eigenvalue weighted by Crippen LogP contribution is -2.51. The monoisotopic (exact) mass is 265 g/mol. The van der Waals surface area contributed by atoms with Crippen LogP contribution in [0, 0.1) is 6.92 Å². The average molecular weight is 265 g/mol. The van der Waals surface area contributed by atoms with Crippen molar-refractivity contribution in [3.63, 3.8) is 0 Å². The number of rotatable bonds is 3. The standard InChI is InChI=1S/C13H19N3O3/c1-8-5-9(6-11(15-8)13(17)18)16-4-3-10(14)12(7-16)19-2/h5-6,10,12H,3-4,7,14H2,1-2H3,(H,17,18)/t10-,12+/m0/s1. The van der Waals surface area contributed by atoms with Crippen LogP contribution in [0.25, 0.3) is 0 Å². The zero-order valence-corrected chi connectivity index (χ0v) is 11.2. The van der Waals surface area contributed by atoms with Crippen LogP contribution >= 0.6 is 0 Å². The molecule has 0 saturated carbocycles. The molecule has 104 valence electrons. The summed E-state index contributed by atoms with van der Waals surface area (Å²) in [4.78, 5) is 17.1. The molecule has 0 amide bonds. The van der Waals surface area contributed by atoms with E-state index in [9.17, 15) is 4.79 Å². The Morgan fingerprint density at radius 1 is 1.58 bits per heavy atom. The van der Waals surface area contributed by atoms with E-state index in [1.807, 2.05) is 6.07 Å². The molecule has 1 aliphatic rings. The fraction of sp³-hybridized carbons (Fsp3) is 0.538. The number of nitrogens with two attached hydrogens (primary N) is 1. The molecule has 0 aliphatic carbocycles. The number of pyridine rings is 1. The molecule has 0 spiro atoms. The normalized spacial score (nSPS) is 23.4.